The summed E-state index contributed by atoms with van der Waals surface area (Å²) in [5.74, 6) is 0.352. The Morgan fingerprint density at radius 2 is 1.89 bits per heavy atom. The van der Waals surface area contributed by atoms with Crippen molar-refractivity contribution in [1.82, 2.24) is 0 Å². The first kappa shape index (κ1) is 14.9. The normalized spacial score (nSPS) is 27.9. The van der Waals surface area contributed by atoms with Crippen molar-refractivity contribution in [2.75, 3.05) is 13.7 Å². The number of methoxy groups -OCH3 is 1. The van der Waals surface area contributed by atoms with Crippen molar-refractivity contribution in [3.05, 3.63) is 46.5 Å². The molecule has 19 heavy (non-hydrogen) atoms. The lowest BCUT2D eigenvalue weighted by atomic mass is 9.89. The molecular formula is C16H20Cl2O. The van der Waals surface area contributed by atoms with Crippen LogP contribution >= 0.6 is 23.2 Å². The lowest BCUT2D eigenvalue weighted by Crippen LogP contribution is -2.19. The molecule has 2 rings (SSSR count). The second-order valence-corrected chi connectivity index (χ2v) is 6.92. The maximum atomic E-state index is 5.86. The first-order valence-electron chi connectivity index (χ1n) is 6.50. The zero-order valence-corrected chi connectivity index (χ0v) is 13.1. The Hall–Kier alpha value is -0.500. The molecule has 1 aliphatic rings. The number of allylic oxidation sites excluding steroid dienone is 1. The average molecular weight is 299 g/mol. The number of halogens is 2. The Morgan fingerprint density at radius 3 is 2.42 bits per heavy atom. The molecule has 1 nitrogen and oxygen atoms in total. The summed E-state index contributed by atoms with van der Waals surface area (Å²) in [7, 11) is 1.75. The van der Waals surface area contributed by atoms with Gasteiger partial charge in [-0.25, -0.2) is 0 Å². The first-order valence-corrected chi connectivity index (χ1v) is 7.25. The number of rotatable bonds is 5. The van der Waals surface area contributed by atoms with E-state index >= 15 is 0 Å². The lowest BCUT2D eigenvalue weighted by Gasteiger charge is -2.19. The summed E-state index contributed by atoms with van der Waals surface area (Å²) in [5, 5.41) is 0. The van der Waals surface area contributed by atoms with Crippen LogP contribution in [0.25, 0.3) is 0 Å². The van der Waals surface area contributed by atoms with Crippen molar-refractivity contribution in [3.8, 4) is 0 Å². The van der Waals surface area contributed by atoms with Crippen LogP contribution in [0.2, 0.25) is 0 Å². The van der Waals surface area contributed by atoms with Crippen LogP contribution in [-0.2, 0) is 11.2 Å². The minimum absolute atomic E-state index is 0.0815. The highest BCUT2D eigenvalue weighted by Crippen LogP contribution is 2.71. The van der Waals surface area contributed by atoms with E-state index in [9.17, 15) is 0 Å². The van der Waals surface area contributed by atoms with Gasteiger partial charge < -0.3 is 4.74 Å². The molecule has 1 aromatic rings. The van der Waals surface area contributed by atoms with Gasteiger partial charge in [-0.3, -0.25) is 0 Å². The molecule has 0 radical (unpaired) electrons. The van der Waals surface area contributed by atoms with Gasteiger partial charge in [0.25, 0.3) is 0 Å². The topological polar surface area (TPSA) is 9.23 Å². The van der Waals surface area contributed by atoms with Gasteiger partial charge in [0, 0.05) is 12.5 Å². The van der Waals surface area contributed by atoms with Crippen LogP contribution < -0.4 is 0 Å². The summed E-state index contributed by atoms with van der Waals surface area (Å²) in [5.41, 5.74) is 1.56. The Balaban J connectivity index is 2.27. The Labute approximate surface area is 125 Å². The summed E-state index contributed by atoms with van der Waals surface area (Å²) >= 11 is 11.7. The fraction of sp³-hybridized carbons (Fsp3) is 0.500. The van der Waals surface area contributed by atoms with Crippen LogP contribution in [-0.4, -0.2) is 13.7 Å². The minimum atomic E-state index is 0.0815. The van der Waals surface area contributed by atoms with E-state index in [1.807, 2.05) is 12.1 Å². The van der Waals surface area contributed by atoms with Crippen molar-refractivity contribution >= 4 is 23.2 Å². The van der Waals surface area contributed by atoms with Crippen LogP contribution in [0.4, 0.5) is 0 Å². The third-order valence-electron chi connectivity index (χ3n) is 4.63. The molecular weight excluding hydrogens is 279 g/mol. The van der Waals surface area contributed by atoms with E-state index in [0.717, 1.165) is 13.0 Å². The number of hydrogen-bond donors (Lipinski definition) is 0. The van der Waals surface area contributed by atoms with Gasteiger partial charge in [0.15, 0.2) is 0 Å². The van der Waals surface area contributed by atoms with Crippen LogP contribution in [0.15, 0.2) is 40.9 Å². The van der Waals surface area contributed by atoms with Crippen molar-refractivity contribution in [1.29, 1.82) is 0 Å². The van der Waals surface area contributed by atoms with Gasteiger partial charge in [-0.2, -0.15) is 0 Å². The van der Waals surface area contributed by atoms with Gasteiger partial charge in [-0.1, -0.05) is 67.4 Å². The number of ether oxygens (including phenoxy) is 1. The molecule has 1 aliphatic carbocycles. The van der Waals surface area contributed by atoms with Gasteiger partial charge >= 0.3 is 0 Å². The van der Waals surface area contributed by atoms with Crippen molar-refractivity contribution in [2.24, 2.45) is 16.7 Å². The molecule has 1 aromatic carbocycles. The molecule has 0 aliphatic heterocycles. The largest absolute Gasteiger partial charge is 0.384 e. The summed E-state index contributed by atoms with van der Waals surface area (Å²) in [6.45, 7) is 5.23. The second-order valence-electron chi connectivity index (χ2n) is 5.91. The highest BCUT2D eigenvalue weighted by atomic mass is 35.5. The van der Waals surface area contributed by atoms with E-state index in [0.29, 0.717) is 10.4 Å². The Bertz CT molecular complexity index is 463. The maximum Gasteiger partial charge on any atom is 0.103 e. The van der Waals surface area contributed by atoms with Crippen LogP contribution in [0.3, 0.4) is 0 Å². The van der Waals surface area contributed by atoms with Crippen molar-refractivity contribution in [2.45, 2.75) is 20.3 Å². The molecule has 0 amide bonds. The monoisotopic (exact) mass is 298 g/mol. The van der Waals surface area contributed by atoms with Crippen LogP contribution in [0.5, 0.6) is 0 Å². The summed E-state index contributed by atoms with van der Waals surface area (Å²) in [6, 6.07) is 10.5. The molecule has 3 heteroatoms. The van der Waals surface area contributed by atoms with Crippen LogP contribution in [0, 0.1) is 16.7 Å². The smallest absolute Gasteiger partial charge is 0.103 e. The highest BCUT2D eigenvalue weighted by Gasteiger charge is 2.69. The van der Waals surface area contributed by atoms with E-state index in [4.69, 9.17) is 27.9 Å². The third kappa shape index (κ3) is 2.69. The van der Waals surface area contributed by atoms with Crippen molar-refractivity contribution < 1.29 is 4.74 Å². The van der Waals surface area contributed by atoms with Gasteiger partial charge in [0.2, 0.25) is 0 Å². The van der Waals surface area contributed by atoms with Crippen molar-refractivity contribution in [3.63, 3.8) is 0 Å². The van der Waals surface area contributed by atoms with Gasteiger partial charge in [0.05, 0.1) is 6.61 Å². The van der Waals surface area contributed by atoms with E-state index in [-0.39, 0.29) is 10.8 Å². The standard InChI is InChI=1S/C16H20Cl2O/c1-15(2)13(9-14(17)18)16(15,11-19-3)10-12-7-5-4-6-8-12/h4-9,13H,10-11H2,1-3H3. The van der Waals surface area contributed by atoms with Crippen LogP contribution in [0.1, 0.15) is 19.4 Å². The average Bonchev–Trinajstić information content (AvgIpc) is 2.77. The fourth-order valence-corrected chi connectivity index (χ4v) is 3.62. The van der Waals surface area contributed by atoms with Gasteiger partial charge in [-0.15, -0.1) is 0 Å². The molecule has 0 saturated heterocycles. The van der Waals surface area contributed by atoms with Gasteiger partial charge in [-0.05, 0) is 29.4 Å². The molecule has 104 valence electrons. The SMILES string of the molecule is COCC1(Cc2ccccc2)C(C=C(Cl)Cl)C1(C)C. The number of benzene rings is 1. The van der Waals surface area contributed by atoms with E-state index in [2.05, 4.69) is 38.1 Å². The molecule has 1 fully saturated rings. The first-order chi connectivity index (χ1) is 8.94. The fourth-order valence-electron chi connectivity index (χ4n) is 3.36. The minimum Gasteiger partial charge on any atom is -0.384 e. The predicted octanol–water partition coefficient (Wildman–Crippen LogP) is 4.84. The molecule has 2 unspecified atom stereocenters. The maximum absolute atomic E-state index is 5.86. The molecule has 0 bridgehead atoms. The quantitative estimate of drug-likeness (QED) is 0.756. The molecule has 1 saturated carbocycles. The van der Waals surface area contributed by atoms with E-state index in [1.165, 1.54) is 5.56 Å². The Kier molecular flexibility index (Phi) is 4.29. The second kappa shape index (κ2) is 5.47. The third-order valence-corrected chi connectivity index (χ3v) is 4.88. The molecule has 0 N–H and O–H groups in total. The number of hydrogen-bond acceptors (Lipinski definition) is 1. The Morgan fingerprint density at radius 1 is 1.26 bits per heavy atom. The molecule has 2 atom stereocenters. The predicted molar refractivity (Wildman–Crippen MR) is 81.5 cm³/mol. The highest BCUT2D eigenvalue weighted by molar-refractivity contribution is 6.55. The summed E-state index contributed by atoms with van der Waals surface area (Å²) in [4.78, 5) is 0. The zero-order valence-electron chi connectivity index (χ0n) is 11.6. The van der Waals surface area contributed by atoms with Gasteiger partial charge in [0.1, 0.15) is 4.49 Å². The summed E-state index contributed by atoms with van der Waals surface area (Å²) in [6.07, 6.45) is 2.95. The zero-order chi connectivity index (χ0) is 14.1. The summed E-state index contributed by atoms with van der Waals surface area (Å²) < 4.78 is 5.82. The van der Waals surface area contributed by atoms with E-state index < -0.39 is 0 Å². The lowest BCUT2D eigenvalue weighted by molar-refractivity contribution is 0.118. The molecule has 0 spiro atoms. The molecule has 0 heterocycles. The van der Waals surface area contributed by atoms with E-state index in [1.54, 1.807) is 7.11 Å². The molecule has 0 aromatic heterocycles.